The Morgan fingerprint density at radius 1 is 1.17 bits per heavy atom. The van der Waals surface area contributed by atoms with Gasteiger partial charge >= 0.3 is 6.18 Å². The molecule has 2 aliphatic rings. The third-order valence-corrected chi connectivity index (χ3v) is 5.26. The number of nitrogens with zero attached hydrogens (tertiary/aromatic N) is 2. The molecule has 2 aliphatic heterocycles. The average Bonchev–Trinajstić information content (AvgIpc) is 3.23. The predicted molar refractivity (Wildman–Crippen MR) is 100 cm³/mol. The van der Waals surface area contributed by atoms with Crippen LogP contribution in [0.5, 0.6) is 0 Å². The molecule has 3 rings (SSSR count). The van der Waals surface area contributed by atoms with Crippen molar-refractivity contribution >= 4 is 11.8 Å². The highest BCUT2D eigenvalue weighted by Crippen LogP contribution is 2.29. The van der Waals surface area contributed by atoms with Crippen LogP contribution in [0, 0.1) is 0 Å². The number of nitrogens with one attached hydrogen (secondary N) is 1. The zero-order chi connectivity index (χ0) is 20.9. The van der Waals surface area contributed by atoms with Crippen molar-refractivity contribution in [1.82, 2.24) is 15.1 Å². The van der Waals surface area contributed by atoms with Gasteiger partial charge in [0.25, 0.3) is 5.91 Å². The third-order valence-electron chi connectivity index (χ3n) is 5.26. The predicted octanol–water partition coefficient (Wildman–Crippen LogP) is 2.15. The molecule has 1 N–H and O–H groups in total. The van der Waals surface area contributed by atoms with Crippen molar-refractivity contribution in [2.45, 2.75) is 31.5 Å². The molecule has 29 heavy (non-hydrogen) atoms. The summed E-state index contributed by atoms with van der Waals surface area (Å²) in [7, 11) is 0. The summed E-state index contributed by atoms with van der Waals surface area (Å²) in [5, 5.41) is 3.18. The Morgan fingerprint density at radius 2 is 1.86 bits per heavy atom. The second-order valence-corrected chi connectivity index (χ2v) is 7.34. The Hall–Kier alpha value is -2.13. The summed E-state index contributed by atoms with van der Waals surface area (Å²) in [6, 6.07) is 4.18. The molecule has 0 saturated carbocycles. The van der Waals surface area contributed by atoms with Gasteiger partial charge in [0.15, 0.2) is 0 Å². The average molecular weight is 413 g/mol. The van der Waals surface area contributed by atoms with Gasteiger partial charge in [-0.1, -0.05) is 0 Å². The largest absolute Gasteiger partial charge is 0.416 e. The molecular weight excluding hydrogens is 387 g/mol. The zero-order valence-electron chi connectivity index (χ0n) is 16.2. The van der Waals surface area contributed by atoms with Crippen LogP contribution in [0.1, 0.15) is 35.2 Å². The van der Waals surface area contributed by atoms with Crippen LogP contribution in [0.3, 0.4) is 0 Å². The van der Waals surface area contributed by atoms with E-state index in [9.17, 15) is 22.8 Å². The van der Waals surface area contributed by atoms with Crippen LogP contribution < -0.4 is 5.32 Å². The van der Waals surface area contributed by atoms with E-state index < -0.39 is 11.7 Å². The fourth-order valence-corrected chi connectivity index (χ4v) is 3.60. The van der Waals surface area contributed by atoms with Gasteiger partial charge in [-0.3, -0.25) is 9.59 Å². The second-order valence-electron chi connectivity index (χ2n) is 7.34. The molecule has 1 aromatic rings. The van der Waals surface area contributed by atoms with Crippen LogP contribution in [0.25, 0.3) is 0 Å². The van der Waals surface area contributed by atoms with E-state index in [1.54, 1.807) is 4.90 Å². The van der Waals surface area contributed by atoms with Crippen molar-refractivity contribution in [3.8, 4) is 0 Å². The standard InChI is InChI=1S/C20H26F3N3O3/c21-20(22,23)16-5-3-15(4-6-16)19(28)26(14-17-2-1-13-29-17)10-7-18(27)25-11-8-24-9-12-25/h3-6,17,24H,1-2,7-14H2/t17-/m1/s1. The first kappa shape index (κ1) is 21.6. The summed E-state index contributed by atoms with van der Waals surface area (Å²) in [6.07, 6.45) is -2.65. The van der Waals surface area contributed by atoms with Gasteiger partial charge in [-0.05, 0) is 37.1 Å². The third kappa shape index (κ3) is 5.93. The van der Waals surface area contributed by atoms with Gasteiger partial charge in [0.2, 0.25) is 5.91 Å². The Kier molecular flexibility index (Phi) is 7.13. The smallest absolute Gasteiger partial charge is 0.376 e. The van der Waals surface area contributed by atoms with E-state index in [0.717, 1.165) is 38.1 Å². The Balaban J connectivity index is 1.66. The topological polar surface area (TPSA) is 61.9 Å². The zero-order valence-corrected chi connectivity index (χ0v) is 16.2. The van der Waals surface area contributed by atoms with Crippen LogP contribution in [0.15, 0.2) is 24.3 Å². The van der Waals surface area contributed by atoms with E-state index in [4.69, 9.17) is 4.74 Å². The Labute approximate surface area is 168 Å². The maximum absolute atomic E-state index is 12.9. The van der Waals surface area contributed by atoms with Gasteiger partial charge in [0.05, 0.1) is 11.7 Å². The van der Waals surface area contributed by atoms with Crippen LogP contribution in [-0.2, 0) is 15.7 Å². The SMILES string of the molecule is O=C(CCN(C[C@H]1CCCO1)C(=O)c1ccc(C(F)(F)F)cc1)N1CCNCC1. The molecule has 2 amide bonds. The molecule has 160 valence electrons. The molecule has 2 fully saturated rings. The molecule has 1 aromatic carbocycles. The van der Waals surface area contributed by atoms with Crippen LogP contribution in [0.2, 0.25) is 0 Å². The maximum Gasteiger partial charge on any atom is 0.416 e. The number of piperazine rings is 1. The lowest BCUT2D eigenvalue weighted by Crippen LogP contribution is -2.47. The lowest BCUT2D eigenvalue weighted by atomic mass is 10.1. The molecular formula is C20H26F3N3O3. The first-order valence-electron chi connectivity index (χ1n) is 9.91. The molecule has 0 spiro atoms. The van der Waals surface area contributed by atoms with Crippen molar-refractivity contribution in [3.63, 3.8) is 0 Å². The Morgan fingerprint density at radius 3 is 2.45 bits per heavy atom. The van der Waals surface area contributed by atoms with E-state index in [1.807, 2.05) is 0 Å². The number of benzene rings is 1. The van der Waals surface area contributed by atoms with E-state index >= 15 is 0 Å². The van der Waals surface area contributed by atoms with Crippen LogP contribution in [-0.4, -0.2) is 73.6 Å². The molecule has 6 nitrogen and oxygen atoms in total. The summed E-state index contributed by atoms with van der Waals surface area (Å²) in [6.45, 7) is 3.93. The molecule has 0 aromatic heterocycles. The molecule has 0 bridgehead atoms. The highest BCUT2D eigenvalue weighted by atomic mass is 19.4. The van der Waals surface area contributed by atoms with Gasteiger partial charge in [-0.2, -0.15) is 13.2 Å². The van der Waals surface area contributed by atoms with E-state index in [1.165, 1.54) is 17.0 Å². The van der Waals surface area contributed by atoms with Crippen molar-refractivity contribution < 1.29 is 27.5 Å². The first-order valence-corrected chi connectivity index (χ1v) is 9.91. The Bertz CT molecular complexity index is 697. The van der Waals surface area contributed by atoms with Gasteiger partial charge in [-0.25, -0.2) is 0 Å². The van der Waals surface area contributed by atoms with E-state index in [0.29, 0.717) is 26.2 Å². The summed E-state index contributed by atoms with van der Waals surface area (Å²) in [5.74, 6) is -0.411. The highest BCUT2D eigenvalue weighted by Gasteiger charge is 2.31. The molecule has 9 heteroatoms. The fourth-order valence-electron chi connectivity index (χ4n) is 3.60. The lowest BCUT2D eigenvalue weighted by molar-refractivity contribution is -0.137. The number of alkyl halides is 3. The first-order chi connectivity index (χ1) is 13.8. The van der Waals surface area contributed by atoms with Crippen molar-refractivity contribution in [1.29, 1.82) is 0 Å². The number of halogens is 3. The number of amides is 2. The number of hydrogen-bond acceptors (Lipinski definition) is 4. The van der Waals surface area contributed by atoms with Crippen molar-refractivity contribution in [2.24, 2.45) is 0 Å². The number of ether oxygens (including phenoxy) is 1. The van der Waals surface area contributed by atoms with Crippen LogP contribution in [0.4, 0.5) is 13.2 Å². The van der Waals surface area contributed by atoms with Gasteiger partial charge < -0.3 is 19.9 Å². The summed E-state index contributed by atoms with van der Waals surface area (Å²) in [5.41, 5.74) is -0.626. The summed E-state index contributed by atoms with van der Waals surface area (Å²) in [4.78, 5) is 28.7. The molecule has 1 atom stereocenters. The van der Waals surface area contributed by atoms with Crippen LogP contribution >= 0.6 is 0 Å². The monoisotopic (exact) mass is 413 g/mol. The molecule has 0 aliphatic carbocycles. The number of hydrogen-bond donors (Lipinski definition) is 1. The number of rotatable bonds is 6. The maximum atomic E-state index is 12.9. The minimum Gasteiger partial charge on any atom is -0.376 e. The lowest BCUT2D eigenvalue weighted by Gasteiger charge is -2.30. The van der Waals surface area contributed by atoms with Gasteiger partial charge in [0.1, 0.15) is 0 Å². The fraction of sp³-hybridized carbons (Fsp3) is 0.600. The van der Waals surface area contributed by atoms with Crippen molar-refractivity contribution in [3.05, 3.63) is 35.4 Å². The van der Waals surface area contributed by atoms with Gasteiger partial charge in [-0.15, -0.1) is 0 Å². The normalized spacial score (nSPS) is 20.0. The number of carbonyl (C=O) groups excluding carboxylic acids is 2. The summed E-state index contributed by atoms with van der Waals surface area (Å²) >= 11 is 0. The molecule has 0 unspecified atom stereocenters. The van der Waals surface area contributed by atoms with Gasteiger partial charge in [0, 0.05) is 57.9 Å². The number of carbonyl (C=O) groups is 2. The van der Waals surface area contributed by atoms with E-state index in [2.05, 4.69) is 5.32 Å². The molecule has 2 heterocycles. The minimum absolute atomic E-state index is 0.0240. The summed E-state index contributed by atoms with van der Waals surface area (Å²) < 4.78 is 43.9. The molecule has 0 radical (unpaired) electrons. The molecule has 2 saturated heterocycles. The second kappa shape index (κ2) is 9.58. The van der Waals surface area contributed by atoms with E-state index in [-0.39, 0.29) is 36.4 Å². The quantitative estimate of drug-likeness (QED) is 0.777. The highest BCUT2D eigenvalue weighted by molar-refractivity contribution is 5.94. The minimum atomic E-state index is -4.45. The van der Waals surface area contributed by atoms with Crippen molar-refractivity contribution in [2.75, 3.05) is 45.9 Å².